The lowest BCUT2D eigenvalue weighted by molar-refractivity contribution is 0.132. The Hall–Kier alpha value is -1.28. The van der Waals surface area contributed by atoms with Gasteiger partial charge in [0.2, 0.25) is 6.29 Å². The highest BCUT2D eigenvalue weighted by Crippen LogP contribution is 2.11. The van der Waals surface area contributed by atoms with Crippen molar-refractivity contribution in [2.24, 2.45) is 0 Å². The van der Waals surface area contributed by atoms with Crippen molar-refractivity contribution >= 4 is 6.08 Å². The fourth-order valence-corrected chi connectivity index (χ4v) is 0.887. The van der Waals surface area contributed by atoms with Crippen LogP contribution in [-0.2, 0) is 9.47 Å². The summed E-state index contributed by atoms with van der Waals surface area (Å²) < 4.78 is 10.0. The van der Waals surface area contributed by atoms with Gasteiger partial charge in [-0.05, 0) is 11.6 Å². The molecule has 0 spiro atoms. The number of benzene rings is 1. The van der Waals surface area contributed by atoms with E-state index < -0.39 is 0 Å². The standard InChI is InChI=1S/C10H10O2/c1-2-4-9(5-3-1)6-7-11-10-8-12-10/h1-7,10H,8H2. The van der Waals surface area contributed by atoms with Crippen molar-refractivity contribution in [3.05, 3.63) is 42.2 Å². The molecule has 0 aliphatic carbocycles. The molecule has 2 nitrogen and oxygen atoms in total. The third kappa shape index (κ3) is 2.10. The molecule has 62 valence electrons. The quantitative estimate of drug-likeness (QED) is 0.501. The van der Waals surface area contributed by atoms with Crippen molar-refractivity contribution in [2.45, 2.75) is 6.29 Å². The fraction of sp³-hybridized carbons (Fsp3) is 0.200. The van der Waals surface area contributed by atoms with Gasteiger partial charge in [-0.3, -0.25) is 0 Å². The minimum atomic E-state index is 0.00459. The molecular weight excluding hydrogens is 152 g/mol. The molecule has 0 amide bonds. The van der Waals surface area contributed by atoms with Crippen LogP contribution in [0.4, 0.5) is 0 Å². The zero-order valence-corrected chi connectivity index (χ0v) is 6.64. The predicted octanol–water partition coefficient (Wildman–Crippen LogP) is 2.03. The summed E-state index contributed by atoms with van der Waals surface area (Å²) in [4.78, 5) is 0. The number of rotatable bonds is 3. The molecule has 2 rings (SSSR count). The van der Waals surface area contributed by atoms with Gasteiger partial charge in [-0.15, -0.1) is 0 Å². The van der Waals surface area contributed by atoms with Crippen LogP contribution in [0.1, 0.15) is 5.56 Å². The molecule has 1 aromatic carbocycles. The van der Waals surface area contributed by atoms with Gasteiger partial charge in [0.25, 0.3) is 0 Å². The highest BCUT2D eigenvalue weighted by molar-refractivity contribution is 5.47. The lowest BCUT2D eigenvalue weighted by Crippen LogP contribution is -1.83. The molecule has 0 saturated carbocycles. The molecule has 0 N–H and O–H groups in total. The summed E-state index contributed by atoms with van der Waals surface area (Å²) >= 11 is 0. The summed E-state index contributed by atoms with van der Waals surface area (Å²) in [7, 11) is 0. The highest BCUT2D eigenvalue weighted by Gasteiger charge is 2.22. The van der Waals surface area contributed by atoms with Gasteiger partial charge in [0.1, 0.15) is 6.61 Å². The average Bonchev–Trinajstić information content (AvgIpc) is 2.90. The maximum atomic E-state index is 5.15. The minimum Gasteiger partial charge on any atom is -0.470 e. The van der Waals surface area contributed by atoms with E-state index in [0.29, 0.717) is 0 Å². The second-order valence-electron chi connectivity index (χ2n) is 2.61. The molecule has 1 heterocycles. The SMILES string of the molecule is C(=Cc1ccccc1)OC1CO1. The number of epoxide rings is 1. The molecule has 0 bridgehead atoms. The van der Waals surface area contributed by atoms with E-state index in [0.717, 1.165) is 12.2 Å². The van der Waals surface area contributed by atoms with E-state index >= 15 is 0 Å². The second kappa shape index (κ2) is 3.41. The van der Waals surface area contributed by atoms with E-state index in [4.69, 9.17) is 9.47 Å². The number of ether oxygens (including phenoxy) is 2. The van der Waals surface area contributed by atoms with Gasteiger partial charge in [0.05, 0.1) is 6.26 Å². The zero-order chi connectivity index (χ0) is 8.23. The first kappa shape index (κ1) is 7.37. The second-order valence-corrected chi connectivity index (χ2v) is 2.61. The lowest BCUT2D eigenvalue weighted by atomic mass is 10.2. The minimum absolute atomic E-state index is 0.00459. The molecule has 1 atom stereocenters. The summed E-state index contributed by atoms with van der Waals surface area (Å²) in [6.07, 6.45) is 3.60. The van der Waals surface area contributed by atoms with E-state index in [1.807, 2.05) is 36.4 Å². The van der Waals surface area contributed by atoms with E-state index in [2.05, 4.69) is 0 Å². The molecule has 1 aliphatic rings. The third-order valence-electron chi connectivity index (χ3n) is 1.59. The number of hydrogen-bond donors (Lipinski definition) is 0. The van der Waals surface area contributed by atoms with Crippen LogP contribution in [0.2, 0.25) is 0 Å². The smallest absolute Gasteiger partial charge is 0.222 e. The molecule has 1 aliphatic heterocycles. The van der Waals surface area contributed by atoms with Gasteiger partial charge >= 0.3 is 0 Å². The Balaban J connectivity index is 1.89. The molecule has 1 aromatic rings. The molecule has 2 heteroatoms. The van der Waals surface area contributed by atoms with Gasteiger partial charge in [0, 0.05) is 0 Å². The van der Waals surface area contributed by atoms with Crippen LogP contribution in [0.15, 0.2) is 36.6 Å². The fourth-order valence-electron chi connectivity index (χ4n) is 0.887. The largest absolute Gasteiger partial charge is 0.470 e. The molecule has 1 fully saturated rings. The Morgan fingerprint density at radius 3 is 2.75 bits per heavy atom. The molecular formula is C10H10O2. The van der Waals surface area contributed by atoms with Crippen molar-refractivity contribution in [1.29, 1.82) is 0 Å². The third-order valence-corrected chi connectivity index (χ3v) is 1.59. The molecule has 0 aromatic heterocycles. The van der Waals surface area contributed by atoms with Gasteiger partial charge < -0.3 is 9.47 Å². The Labute approximate surface area is 71.4 Å². The van der Waals surface area contributed by atoms with Crippen LogP contribution in [-0.4, -0.2) is 12.9 Å². The first-order valence-corrected chi connectivity index (χ1v) is 3.94. The molecule has 12 heavy (non-hydrogen) atoms. The highest BCUT2D eigenvalue weighted by atomic mass is 16.8. The van der Waals surface area contributed by atoms with Crippen molar-refractivity contribution < 1.29 is 9.47 Å². The van der Waals surface area contributed by atoms with E-state index in [9.17, 15) is 0 Å². The molecule has 0 radical (unpaired) electrons. The maximum Gasteiger partial charge on any atom is 0.222 e. The van der Waals surface area contributed by atoms with Crippen molar-refractivity contribution in [3.63, 3.8) is 0 Å². The first-order valence-electron chi connectivity index (χ1n) is 3.94. The van der Waals surface area contributed by atoms with Crippen LogP contribution < -0.4 is 0 Å². The van der Waals surface area contributed by atoms with Crippen molar-refractivity contribution in [1.82, 2.24) is 0 Å². The topological polar surface area (TPSA) is 21.8 Å². The van der Waals surface area contributed by atoms with Gasteiger partial charge in [-0.1, -0.05) is 30.3 Å². The summed E-state index contributed by atoms with van der Waals surface area (Å²) in [5, 5.41) is 0. The summed E-state index contributed by atoms with van der Waals surface area (Å²) in [5.74, 6) is 0. The monoisotopic (exact) mass is 162 g/mol. The van der Waals surface area contributed by atoms with Crippen molar-refractivity contribution in [2.75, 3.05) is 6.61 Å². The van der Waals surface area contributed by atoms with Gasteiger partial charge in [0.15, 0.2) is 0 Å². The van der Waals surface area contributed by atoms with E-state index in [1.54, 1.807) is 6.26 Å². The Kier molecular flexibility index (Phi) is 2.10. The van der Waals surface area contributed by atoms with E-state index in [-0.39, 0.29) is 6.29 Å². The Morgan fingerprint density at radius 1 is 1.33 bits per heavy atom. The molecule has 1 unspecified atom stereocenters. The first-order chi connectivity index (χ1) is 5.95. The number of hydrogen-bond acceptors (Lipinski definition) is 2. The summed E-state index contributed by atoms with van der Waals surface area (Å²) in [6.45, 7) is 0.721. The van der Waals surface area contributed by atoms with Gasteiger partial charge in [-0.25, -0.2) is 0 Å². The van der Waals surface area contributed by atoms with Crippen molar-refractivity contribution in [3.8, 4) is 0 Å². The van der Waals surface area contributed by atoms with Crippen LogP contribution >= 0.6 is 0 Å². The summed E-state index contributed by atoms with van der Waals surface area (Å²) in [5.41, 5.74) is 1.14. The van der Waals surface area contributed by atoms with Crippen LogP contribution in [0.5, 0.6) is 0 Å². The van der Waals surface area contributed by atoms with Crippen LogP contribution in [0, 0.1) is 0 Å². The Morgan fingerprint density at radius 2 is 2.08 bits per heavy atom. The Bertz CT molecular complexity index is 262. The normalized spacial score (nSPS) is 21.2. The van der Waals surface area contributed by atoms with Crippen LogP contribution in [0.3, 0.4) is 0 Å². The van der Waals surface area contributed by atoms with E-state index in [1.165, 1.54) is 0 Å². The average molecular weight is 162 g/mol. The van der Waals surface area contributed by atoms with Crippen LogP contribution in [0.25, 0.3) is 6.08 Å². The zero-order valence-electron chi connectivity index (χ0n) is 6.64. The molecule has 1 saturated heterocycles. The van der Waals surface area contributed by atoms with Gasteiger partial charge in [-0.2, -0.15) is 0 Å². The maximum absolute atomic E-state index is 5.15. The lowest BCUT2D eigenvalue weighted by Gasteiger charge is -1.92. The summed E-state index contributed by atoms with van der Waals surface area (Å²) in [6, 6.07) is 10.0. The predicted molar refractivity (Wildman–Crippen MR) is 46.3 cm³/mol.